The Morgan fingerprint density at radius 2 is 2.00 bits per heavy atom. The Morgan fingerprint density at radius 3 is 2.58 bits per heavy atom. The van der Waals surface area contributed by atoms with E-state index in [4.69, 9.17) is 15.2 Å². The fourth-order valence-corrected chi connectivity index (χ4v) is 2.96. The molecular weight excluding hydrogens is 429 g/mol. The van der Waals surface area contributed by atoms with E-state index in [9.17, 15) is 26.7 Å². The number of methoxy groups -OCH3 is 1. The molecule has 8 nitrogen and oxygen atoms in total. The van der Waals surface area contributed by atoms with Crippen LogP contribution in [0.2, 0.25) is 0 Å². The van der Waals surface area contributed by atoms with Gasteiger partial charge in [-0.1, -0.05) is 0 Å². The second-order valence-electron chi connectivity index (χ2n) is 6.66. The number of hydrogen-bond acceptors (Lipinski definition) is 7. The molecule has 0 fully saturated rings. The minimum atomic E-state index is -5.08. The second-order valence-corrected chi connectivity index (χ2v) is 6.66. The molecule has 0 unspecified atom stereocenters. The third-order valence-corrected chi connectivity index (χ3v) is 4.55. The van der Waals surface area contributed by atoms with E-state index in [1.165, 1.54) is 13.3 Å². The highest BCUT2D eigenvalue weighted by atomic mass is 19.4. The van der Waals surface area contributed by atoms with Crippen LogP contribution in [-0.2, 0) is 10.3 Å². The summed E-state index contributed by atoms with van der Waals surface area (Å²) in [5, 5.41) is 2.38. The van der Waals surface area contributed by atoms with E-state index in [2.05, 4.69) is 20.3 Å². The van der Waals surface area contributed by atoms with Crippen LogP contribution >= 0.6 is 0 Å². The first-order chi connectivity index (χ1) is 14.5. The van der Waals surface area contributed by atoms with Gasteiger partial charge in [0.05, 0.1) is 19.5 Å². The Kier molecular flexibility index (Phi) is 5.70. The SMILES string of the molecule is COc1cnc(C(=O)Nc2ccc(F)c([C@@]3(C)OC(N)=N[C@H](C(F)(F)F)[C@H]3F)c2)cn1. The Labute approximate surface area is 172 Å². The van der Waals surface area contributed by atoms with Crippen molar-refractivity contribution in [3.8, 4) is 5.88 Å². The zero-order valence-electron chi connectivity index (χ0n) is 16.1. The molecular formula is C18H16F5N5O3. The molecule has 0 bridgehead atoms. The van der Waals surface area contributed by atoms with Crippen LogP contribution in [0.25, 0.3) is 0 Å². The molecule has 1 amide bonds. The lowest BCUT2D eigenvalue weighted by atomic mass is 9.85. The van der Waals surface area contributed by atoms with Crippen LogP contribution in [0.4, 0.5) is 27.6 Å². The maximum atomic E-state index is 14.9. The van der Waals surface area contributed by atoms with Crippen LogP contribution in [0.5, 0.6) is 5.88 Å². The number of aliphatic imine (C=N–C) groups is 1. The Hall–Kier alpha value is -3.51. The zero-order valence-corrected chi connectivity index (χ0v) is 16.1. The van der Waals surface area contributed by atoms with Gasteiger partial charge >= 0.3 is 6.18 Å². The van der Waals surface area contributed by atoms with E-state index in [0.29, 0.717) is 0 Å². The normalized spacial score (nSPS) is 23.5. The van der Waals surface area contributed by atoms with Crippen molar-refractivity contribution < 1.29 is 36.2 Å². The van der Waals surface area contributed by atoms with Gasteiger partial charge in [0.15, 0.2) is 17.8 Å². The smallest absolute Gasteiger partial charge is 0.413 e. The number of nitrogens with one attached hydrogen (secondary N) is 1. The van der Waals surface area contributed by atoms with Gasteiger partial charge in [0.25, 0.3) is 11.9 Å². The van der Waals surface area contributed by atoms with Gasteiger partial charge in [-0.15, -0.1) is 0 Å². The summed E-state index contributed by atoms with van der Waals surface area (Å²) in [6.07, 6.45) is -5.58. The number of carbonyl (C=O) groups excluding carboxylic acids is 1. The van der Waals surface area contributed by atoms with Gasteiger partial charge in [0.1, 0.15) is 11.5 Å². The summed E-state index contributed by atoms with van der Waals surface area (Å²) in [4.78, 5) is 22.9. The van der Waals surface area contributed by atoms with Crippen LogP contribution < -0.4 is 15.8 Å². The van der Waals surface area contributed by atoms with Crippen molar-refractivity contribution in [2.24, 2.45) is 10.7 Å². The van der Waals surface area contributed by atoms with E-state index in [1.807, 2.05) is 0 Å². The fraction of sp³-hybridized carbons (Fsp3) is 0.333. The third kappa shape index (κ3) is 4.34. The first-order valence-electron chi connectivity index (χ1n) is 8.66. The van der Waals surface area contributed by atoms with E-state index in [-0.39, 0.29) is 17.3 Å². The molecule has 0 radical (unpaired) electrons. The van der Waals surface area contributed by atoms with Crippen molar-refractivity contribution in [1.29, 1.82) is 0 Å². The quantitative estimate of drug-likeness (QED) is 0.700. The molecule has 1 aromatic carbocycles. The standard InChI is InChI=1S/C18H16F5N5O3/c1-17(13(20)14(18(21,22)23)28-16(24)31-17)9-5-8(3-4-10(9)19)27-15(29)11-6-26-12(30-2)7-25-11/h3-7,13-14H,1-2H3,(H2,24,28)(H,27,29)/t13-,14+,17-/m1/s1. The Bertz CT molecular complexity index is 1010. The molecule has 0 spiro atoms. The molecule has 1 aliphatic rings. The van der Waals surface area contributed by atoms with Gasteiger partial charge in [-0.05, 0) is 25.1 Å². The van der Waals surface area contributed by atoms with Gasteiger partial charge in [-0.2, -0.15) is 13.2 Å². The number of anilines is 1. The summed E-state index contributed by atoms with van der Waals surface area (Å²) >= 11 is 0. The van der Waals surface area contributed by atoms with Gasteiger partial charge in [-0.3, -0.25) is 4.79 Å². The van der Waals surface area contributed by atoms with E-state index >= 15 is 0 Å². The highest BCUT2D eigenvalue weighted by Gasteiger charge is 2.58. The van der Waals surface area contributed by atoms with Crippen LogP contribution in [0.15, 0.2) is 35.6 Å². The number of alkyl halides is 4. The number of halogens is 5. The number of carbonyl (C=O) groups is 1. The topological polar surface area (TPSA) is 112 Å². The number of amides is 1. The molecule has 2 heterocycles. The molecule has 0 aliphatic carbocycles. The molecule has 0 saturated carbocycles. The molecule has 31 heavy (non-hydrogen) atoms. The van der Waals surface area contributed by atoms with Gasteiger partial charge in [0.2, 0.25) is 5.88 Å². The highest BCUT2D eigenvalue weighted by Crippen LogP contribution is 2.43. The number of amidine groups is 1. The number of aromatic nitrogens is 2. The average molecular weight is 445 g/mol. The maximum Gasteiger partial charge on any atom is 0.413 e. The summed E-state index contributed by atoms with van der Waals surface area (Å²) in [5.74, 6) is -1.66. The summed E-state index contributed by atoms with van der Waals surface area (Å²) in [5.41, 5.74) is 2.08. The van der Waals surface area contributed by atoms with Crippen LogP contribution in [-0.4, -0.2) is 47.4 Å². The van der Waals surface area contributed by atoms with Crippen molar-refractivity contribution in [1.82, 2.24) is 9.97 Å². The third-order valence-electron chi connectivity index (χ3n) is 4.55. The summed E-state index contributed by atoms with van der Waals surface area (Å²) in [6.45, 7) is 0.914. The second kappa shape index (κ2) is 7.96. The van der Waals surface area contributed by atoms with E-state index < -0.39 is 47.3 Å². The molecule has 1 aliphatic heterocycles. The van der Waals surface area contributed by atoms with Crippen molar-refractivity contribution in [3.63, 3.8) is 0 Å². The first-order valence-corrected chi connectivity index (χ1v) is 8.66. The van der Waals surface area contributed by atoms with Crippen molar-refractivity contribution in [2.75, 3.05) is 12.4 Å². The van der Waals surface area contributed by atoms with Crippen molar-refractivity contribution in [3.05, 3.63) is 47.7 Å². The number of rotatable bonds is 4. The molecule has 3 atom stereocenters. The average Bonchev–Trinajstić information content (AvgIpc) is 2.71. The van der Waals surface area contributed by atoms with Crippen LogP contribution in [0, 0.1) is 5.82 Å². The molecule has 3 N–H and O–H groups in total. The molecule has 13 heteroatoms. The monoisotopic (exact) mass is 445 g/mol. The van der Waals surface area contributed by atoms with E-state index in [0.717, 1.165) is 31.3 Å². The molecule has 0 saturated heterocycles. The number of nitrogens with two attached hydrogens (primary N) is 1. The van der Waals surface area contributed by atoms with E-state index in [1.54, 1.807) is 0 Å². The van der Waals surface area contributed by atoms with Gasteiger partial charge in [0, 0.05) is 11.3 Å². The molecule has 166 valence electrons. The highest BCUT2D eigenvalue weighted by molar-refractivity contribution is 6.02. The summed E-state index contributed by atoms with van der Waals surface area (Å²) in [7, 11) is 1.36. The number of benzene rings is 1. The summed E-state index contributed by atoms with van der Waals surface area (Å²) in [6, 6.07) is -0.870. The van der Waals surface area contributed by atoms with Crippen LogP contribution in [0.3, 0.4) is 0 Å². The molecule has 3 rings (SSSR count). The fourth-order valence-electron chi connectivity index (χ4n) is 2.96. The number of ether oxygens (including phenoxy) is 2. The van der Waals surface area contributed by atoms with Crippen molar-refractivity contribution in [2.45, 2.75) is 30.9 Å². The lowest BCUT2D eigenvalue weighted by Crippen LogP contribution is -2.55. The molecule has 1 aromatic heterocycles. The minimum absolute atomic E-state index is 0.0549. The lowest BCUT2D eigenvalue weighted by molar-refractivity contribution is -0.187. The number of nitrogens with zero attached hydrogens (tertiary/aromatic N) is 3. The first kappa shape index (κ1) is 22.2. The molecule has 2 aromatic rings. The predicted octanol–water partition coefficient (Wildman–Crippen LogP) is 2.71. The Balaban J connectivity index is 1.93. The van der Waals surface area contributed by atoms with Crippen LogP contribution in [0.1, 0.15) is 23.0 Å². The summed E-state index contributed by atoms with van der Waals surface area (Å²) < 4.78 is 78.8. The predicted molar refractivity (Wildman–Crippen MR) is 97.7 cm³/mol. The van der Waals surface area contributed by atoms with Gasteiger partial charge < -0.3 is 20.5 Å². The van der Waals surface area contributed by atoms with Gasteiger partial charge in [-0.25, -0.2) is 23.7 Å². The Morgan fingerprint density at radius 1 is 1.29 bits per heavy atom. The minimum Gasteiger partial charge on any atom is -0.480 e. The maximum absolute atomic E-state index is 14.9. The lowest BCUT2D eigenvalue weighted by Gasteiger charge is -2.40. The van der Waals surface area contributed by atoms with Crippen molar-refractivity contribution >= 4 is 17.6 Å². The number of hydrogen-bond donors (Lipinski definition) is 2. The zero-order chi connectivity index (χ0) is 23.0. The largest absolute Gasteiger partial charge is 0.480 e.